The summed E-state index contributed by atoms with van der Waals surface area (Å²) in [6.45, 7) is 2.49. The van der Waals surface area contributed by atoms with Crippen LogP contribution in [0.15, 0.2) is 69.7 Å². The van der Waals surface area contributed by atoms with Crippen LogP contribution in [-0.2, 0) is 48.2 Å². The molecule has 0 amide bonds. The van der Waals surface area contributed by atoms with Crippen molar-refractivity contribution in [1.29, 1.82) is 0 Å². The van der Waals surface area contributed by atoms with Crippen molar-refractivity contribution >= 4 is 113 Å². The van der Waals surface area contributed by atoms with Crippen LogP contribution in [0.1, 0.15) is 175 Å². The second-order valence-corrected chi connectivity index (χ2v) is 28.3. The molecule has 6 aliphatic rings. The van der Waals surface area contributed by atoms with Crippen molar-refractivity contribution in [2.75, 3.05) is 6.61 Å². The van der Waals surface area contributed by atoms with Crippen LogP contribution in [0.4, 0.5) is 8.78 Å². The quantitative estimate of drug-likeness (QED) is 0.0448. The average molecular weight is 1350 g/mol. The Balaban J connectivity index is 0.000000165. The Morgan fingerprint density at radius 3 is 1.34 bits per heavy atom. The minimum Gasteiger partial charge on any atom is -0.481 e. The van der Waals surface area contributed by atoms with Gasteiger partial charge in [0.05, 0.1) is 74.4 Å². The molecule has 8 atom stereocenters. The number of benzene rings is 4. The van der Waals surface area contributed by atoms with Gasteiger partial charge in [-0.15, -0.1) is 22.7 Å². The highest BCUT2D eigenvalue weighted by Crippen LogP contribution is 2.59. The number of hydrogen-bond donors (Lipinski definition) is 3. The Labute approximate surface area is 543 Å². The lowest BCUT2D eigenvalue weighted by Gasteiger charge is -2.41. The van der Waals surface area contributed by atoms with Crippen LogP contribution in [0.2, 0.25) is 20.1 Å². The molecule has 0 radical (unpaired) electrons. The van der Waals surface area contributed by atoms with Gasteiger partial charge in [0.2, 0.25) is 0 Å². The van der Waals surface area contributed by atoms with Crippen LogP contribution < -0.4 is 0 Å². The molecule has 24 heteroatoms. The first kappa shape index (κ1) is 63.0. The average Bonchev–Trinajstić information content (AvgIpc) is 1.58. The second-order valence-electron chi connectivity index (χ2n) is 24.6. The highest BCUT2D eigenvalue weighted by Gasteiger charge is 2.58. The molecule has 4 aromatic carbocycles. The van der Waals surface area contributed by atoms with Crippen molar-refractivity contribution in [3.63, 3.8) is 0 Å². The number of thiazole rings is 2. The monoisotopic (exact) mass is 1340 g/mol. The van der Waals surface area contributed by atoms with E-state index in [1.165, 1.54) is 22.7 Å². The molecule has 90 heavy (non-hydrogen) atoms. The van der Waals surface area contributed by atoms with Gasteiger partial charge in [-0.05, 0) is 156 Å². The van der Waals surface area contributed by atoms with E-state index in [0.717, 1.165) is 86.1 Å². The lowest BCUT2D eigenvalue weighted by atomic mass is 9.73. The van der Waals surface area contributed by atoms with Gasteiger partial charge in [-0.2, -0.15) is 0 Å². The number of halogens is 6. The Kier molecular flexibility index (Phi) is 17.9. The standard InChI is InChI=1S/C34H33Cl2FN2O6S.C32H29Cl2FN2O6S/c1-2-43-28(41)11-10-26(40)18-12-25(37)31-27(13-18)46-33(38-31)34(42)19-8-9-20(34)15-21(14-19)44-16-22-30(39-45-32(22)17-6-7-17)29-23(35)4-3-5-24(29)36;33-21-2-1-3-22(34)27(21)28-20(30(43-37-28)15-4-5-15)14-42-19-12-17-6-7-18(13-19)32(17,41)31-36-29-23(35)10-16(11-25(29)44-31)24(38)8-9-26(39)40/h3-5,12-13,17,19-21,42H,2,6-11,14-16H2,1H3;1-3,10-11,15,17-19,41H,4-9,12-14H2,(H,39,40)/t19-,20+,21?,34?;17-,18+,19?,32?. The molecule has 0 saturated heterocycles. The van der Waals surface area contributed by atoms with Gasteiger partial charge in [-0.1, -0.05) is 68.8 Å². The van der Waals surface area contributed by atoms with E-state index in [2.05, 4.69) is 20.3 Å². The number of hydrogen-bond acceptors (Lipinski definition) is 17. The molecule has 4 heterocycles. The third kappa shape index (κ3) is 12.2. The summed E-state index contributed by atoms with van der Waals surface area (Å²) in [6, 6.07) is 16.1. The number of ether oxygens (including phenoxy) is 3. The number of aliphatic hydroxyl groups is 2. The van der Waals surface area contributed by atoms with E-state index in [-0.39, 0.29) is 109 Å². The number of ketones is 2. The molecule has 16 nitrogen and oxygen atoms in total. The van der Waals surface area contributed by atoms with Gasteiger partial charge in [-0.3, -0.25) is 19.2 Å². The third-order valence-electron chi connectivity index (χ3n) is 18.9. The largest absolute Gasteiger partial charge is 0.481 e. The number of rotatable bonds is 21. The first-order valence-corrected chi connectivity index (χ1v) is 33.6. The van der Waals surface area contributed by atoms with Gasteiger partial charge in [0.15, 0.2) is 23.2 Å². The fourth-order valence-electron chi connectivity index (χ4n) is 14.1. The Hall–Kier alpha value is -5.78. The number of esters is 1. The summed E-state index contributed by atoms with van der Waals surface area (Å²) in [5.41, 5.74) is 2.25. The summed E-state index contributed by atoms with van der Waals surface area (Å²) in [5, 5.41) is 44.7. The molecular formula is C66H62Cl4F2N4O12S2. The summed E-state index contributed by atoms with van der Waals surface area (Å²) in [7, 11) is 0. The smallest absolute Gasteiger partial charge is 0.306 e. The summed E-state index contributed by atoms with van der Waals surface area (Å²) in [6.07, 6.45) is 8.85. The van der Waals surface area contributed by atoms with E-state index in [0.29, 0.717) is 99.5 Å². The molecule has 8 aromatic rings. The zero-order valence-corrected chi connectivity index (χ0v) is 53.4. The first-order valence-electron chi connectivity index (χ1n) is 30.5. The van der Waals surface area contributed by atoms with Gasteiger partial charge in [0, 0.05) is 58.1 Å². The van der Waals surface area contributed by atoms with Crippen molar-refractivity contribution in [2.24, 2.45) is 23.7 Å². The number of fused-ring (bicyclic) bond motifs is 6. The molecule has 0 spiro atoms. The van der Waals surface area contributed by atoms with Crippen molar-refractivity contribution in [3.8, 4) is 22.5 Å². The predicted octanol–water partition coefficient (Wildman–Crippen LogP) is 16.3. The SMILES string of the molecule is CCOC(=O)CCC(=O)c1cc(F)c2nc(C3(O)[C@@H]4CC[C@H]3CC(OCc3c(-c5c(Cl)cccc5Cl)noc3C3CC3)C4)sc2c1.O=C(O)CCC(=O)c1cc(F)c2nc(C3(O)[C@@H]4CC[C@H]3CC(OCc3c(-c5c(Cl)cccc5Cl)noc3C3CC3)C4)sc2c1. The number of aromatic nitrogens is 4. The van der Waals surface area contributed by atoms with Crippen LogP contribution in [-0.4, -0.2) is 77.9 Å². The summed E-state index contributed by atoms with van der Waals surface area (Å²) in [4.78, 5) is 56.9. The van der Waals surface area contributed by atoms with E-state index in [9.17, 15) is 29.4 Å². The van der Waals surface area contributed by atoms with Crippen LogP contribution >= 0.6 is 69.1 Å². The van der Waals surface area contributed by atoms with Crippen LogP contribution in [0.25, 0.3) is 42.9 Å². The fourth-order valence-corrected chi connectivity index (χ4v) is 17.8. The molecule has 6 saturated carbocycles. The van der Waals surface area contributed by atoms with Crippen molar-refractivity contribution in [3.05, 3.63) is 136 Å². The Bertz CT molecular complexity index is 4060. The highest BCUT2D eigenvalue weighted by molar-refractivity contribution is 7.19. The molecule has 472 valence electrons. The maximum atomic E-state index is 15.2. The van der Waals surface area contributed by atoms with Crippen molar-refractivity contribution in [1.82, 2.24) is 20.3 Å². The van der Waals surface area contributed by atoms with Crippen molar-refractivity contribution in [2.45, 2.75) is 158 Å². The summed E-state index contributed by atoms with van der Waals surface area (Å²) < 4.78 is 60.7. The minimum atomic E-state index is -1.23. The first-order chi connectivity index (χ1) is 43.3. The van der Waals surface area contributed by atoms with Gasteiger partial charge >= 0.3 is 11.9 Å². The minimum absolute atomic E-state index is 0.0688. The summed E-state index contributed by atoms with van der Waals surface area (Å²) >= 11 is 28.5. The highest BCUT2D eigenvalue weighted by atomic mass is 35.5. The molecular weight excluding hydrogens is 1280 g/mol. The number of carboxylic acid groups (broad SMARTS) is 1. The maximum absolute atomic E-state index is 15.2. The third-order valence-corrected chi connectivity index (χ3v) is 22.5. The van der Waals surface area contributed by atoms with Crippen LogP contribution in [0.3, 0.4) is 0 Å². The lowest BCUT2D eigenvalue weighted by molar-refractivity contribution is -0.143. The van der Waals surface area contributed by atoms with E-state index < -0.39 is 40.6 Å². The summed E-state index contributed by atoms with van der Waals surface area (Å²) in [5.74, 6) is -1.90. The fraction of sp³-hybridized carbons (Fsp3) is 0.455. The predicted molar refractivity (Wildman–Crippen MR) is 334 cm³/mol. The van der Waals surface area contributed by atoms with Gasteiger partial charge in [-0.25, -0.2) is 18.7 Å². The molecule has 0 aliphatic heterocycles. The number of carboxylic acids is 1. The lowest BCUT2D eigenvalue weighted by Crippen LogP contribution is -2.44. The van der Waals surface area contributed by atoms with E-state index in [4.69, 9.17) is 74.8 Å². The van der Waals surface area contributed by atoms with Crippen LogP contribution in [0.5, 0.6) is 0 Å². The van der Waals surface area contributed by atoms with E-state index >= 15 is 8.78 Å². The van der Waals surface area contributed by atoms with E-state index in [1.807, 2.05) is 0 Å². The second kappa shape index (κ2) is 25.6. The molecule has 3 N–H and O–H groups in total. The number of nitrogens with zero attached hydrogens (tertiary/aromatic N) is 4. The number of aliphatic carboxylic acids is 1. The Morgan fingerprint density at radius 2 is 0.978 bits per heavy atom. The molecule has 4 bridgehead atoms. The van der Waals surface area contributed by atoms with Crippen LogP contribution in [0, 0.1) is 35.3 Å². The van der Waals surface area contributed by atoms with Crippen molar-refractivity contribution < 1.29 is 66.5 Å². The topological polar surface area (TPSA) is 234 Å². The van der Waals surface area contributed by atoms with E-state index in [1.54, 1.807) is 55.5 Å². The Morgan fingerprint density at radius 1 is 0.589 bits per heavy atom. The van der Waals surface area contributed by atoms with Gasteiger partial charge < -0.3 is 38.6 Å². The molecule has 6 fully saturated rings. The van der Waals surface area contributed by atoms with Gasteiger partial charge in [0.1, 0.15) is 55.2 Å². The van der Waals surface area contributed by atoms with Gasteiger partial charge in [0.25, 0.3) is 0 Å². The number of carbonyl (C=O) groups is 4. The molecule has 4 aromatic heterocycles. The number of carbonyl (C=O) groups excluding carboxylic acids is 3. The molecule has 6 aliphatic carbocycles. The normalized spacial score (nSPS) is 24.4. The zero-order valence-electron chi connectivity index (χ0n) is 48.7. The number of Topliss-reactive ketones (excluding diaryl/α,β-unsaturated/α-hetero) is 2. The molecule has 14 rings (SSSR count). The maximum Gasteiger partial charge on any atom is 0.306 e. The molecule has 4 unspecified atom stereocenters. The zero-order chi connectivity index (χ0) is 62.9.